The van der Waals surface area contributed by atoms with Gasteiger partial charge in [-0.3, -0.25) is 0 Å². The zero-order valence-corrected chi connectivity index (χ0v) is 11.2. The second kappa shape index (κ2) is 5.91. The normalized spacial score (nSPS) is 14.1. The molecule has 2 atom stereocenters. The zero-order valence-electron chi connectivity index (χ0n) is 11.2. The van der Waals surface area contributed by atoms with Crippen molar-refractivity contribution in [2.45, 2.75) is 18.9 Å². The van der Waals surface area contributed by atoms with E-state index in [1.54, 1.807) is 25.5 Å². The van der Waals surface area contributed by atoms with Crippen LogP contribution in [0.1, 0.15) is 28.9 Å². The van der Waals surface area contributed by atoms with Crippen LogP contribution in [0.3, 0.4) is 0 Å². The van der Waals surface area contributed by atoms with E-state index >= 15 is 0 Å². The van der Waals surface area contributed by atoms with Crippen LogP contribution in [0.2, 0.25) is 0 Å². The van der Waals surface area contributed by atoms with Crippen molar-refractivity contribution in [3.63, 3.8) is 0 Å². The Morgan fingerprint density at radius 2 is 2.16 bits per heavy atom. The van der Waals surface area contributed by atoms with Gasteiger partial charge in [-0.25, -0.2) is 0 Å². The van der Waals surface area contributed by atoms with E-state index in [9.17, 15) is 5.11 Å². The minimum atomic E-state index is -0.757. The van der Waals surface area contributed by atoms with Gasteiger partial charge < -0.3 is 20.0 Å². The summed E-state index contributed by atoms with van der Waals surface area (Å²) in [6.07, 6.45) is 0.786. The van der Waals surface area contributed by atoms with Crippen LogP contribution in [0.5, 0.6) is 5.75 Å². The van der Waals surface area contributed by atoms with Gasteiger partial charge in [0, 0.05) is 12.5 Å². The number of hydrogen-bond donors (Lipinski definition) is 2. The summed E-state index contributed by atoms with van der Waals surface area (Å²) in [5.41, 5.74) is 7.79. The van der Waals surface area contributed by atoms with Crippen LogP contribution in [0.4, 0.5) is 0 Å². The Morgan fingerprint density at radius 3 is 2.74 bits per heavy atom. The number of rotatable bonds is 5. The predicted molar refractivity (Wildman–Crippen MR) is 73.2 cm³/mol. The molecule has 19 heavy (non-hydrogen) atoms. The molecule has 4 nitrogen and oxygen atoms in total. The molecule has 0 saturated heterocycles. The van der Waals surface area contributed by atoms with Crippen LogP contribution >= 0.6 is 0 Å². The second-order valence-corrected chi connectivity index (χ2v) is 4.53. The van der Waals surface area contributed by atoms with Crippen molar-refractivity contribution in [1.82, 2.24) is 0 Å². The Kier molecular flexibility index (Phi) is 4.24. The lowest BCUT2D eigenvalue weighted by molar-refractivity contribution is 0.122. The number of furan rings is 1. The predicted octanol–water partition coefficient (Wildman–Crippen LogP) is 2.37. The first-order valence-electron chi connectivity index (χ1n) is 6.23. The number of aryl methyl sites for hydroxylation is 1. The number of aliphatic hydroxyl groups excluding tert-OH is 1. The van der Waals surface area contributed by atoms with Crippen LogP contribution in [0.15, 0.2) is 41.0 Å². The highest BCUT2D eigenvalue weighted by Gasteiger charge is 2.24. The lowest BCUT2D eigenvalue weighted by Gasteiger charge is -2.21. The third kappa shape index (κ3) is 2.80. The summed E-state index contributed by atoms with van der Waals surface area (Å²) in [5, 5.41) is 10.3. The summed E-state index contributed by atoms with van der Waals surface area (Å²) in [4.78, 5) is 0. The molecular formula is C15H19NO3. The standard InChI is InChI=1S/C15H19NO3/c1-10-5-6-11(8-14(10)18-2)12(9-16)15(17)13-4-3-7-19-13/h3-8,12,15,17H,9,16H2,1-2H3. The number of aliphatic hydroxyl groups is 1. The SMILES string of the molecule is COc1cc(C(CN)C(O)c2ccco2)ccc1C. The Balaban J connectivity index is 2.31. The maximum absolute atomic E-state index is 10.3. The molecule has 0 fully saturated rings. The first-order valence-corrected chi connectivity index (χ1v) is 6.23. The topological polar surface area (TPSA) is 68.6 Å². The number of ether oxygens (including phenoxy) is 1. The first kappa shape index (κ1) is 13.6. The van der Waals surface area contributed by atoms with Gasteiger partial charge in [-0.2, -0.15) is 0 Å². The number of nitrogens with two attached hydrogens (primary N) is 1. The molecule has 0 radical (unpaired) electrons. The number of benzene rings is 1. The van der Waals surface area contributed by atoms with Gasteiger partial charge in [0.2, 0.25) is 0 Å². The van der Waals surface area contributed by atoms with Crippen molar-refractivity contribution in [3.05, 3.63) is 53.5 Å². The lowest BCUT2D eigenvalue weighted by atomic mass is 9.91. The third-order valence-corrected chi connectivity index (χ3v) is 3.33. The van der Waals surface area contributed by atoms with Crippen LogP contribution in [0, 0.1) is 6.92 Å². The van der Waals surface area contributed by atoms with E-state index in [1.165, 1.54) is 0 Å². The molecule has 0 spiro atoms. The fourth-order valence-electron chi connectivity index (χ4n) is 2.17. The molecule has 2 unspecified atom stereocenters. The highest BCUT2D eigenvalue weighted by atomic mass is 16.5. The quantitative estimate of drug-likeness (QED) is 0.867. The van der Waals surface area contributed by atoms with Crippen molar-refractivity contribution in [1.29, 1.82) is 0 Å². The maximum atomic E-state index is 10.3. The van der Waals surface area contributed by atoms with Crippen LogP contribution in [0.25, 0.3) is 0 Å². The zero-order chi connectivity index (χ0) is 13.8. The molecule has 4 heteroatoms. The number of hydrogen-bond acceptors (Lipinski definition) is 4. The van der Waals surface area contributed by atoms with E-state index in [0.717, 1.165) is 16.9 Å². The molecule has 0 aliphatic carbocycles. The molecule has 2 rings (SSSR count). The van der Waals surface area contributed by atoms with Crippen molar-refractivity contribution in [3.8, 4) is 5.75 Å². The third-order valence-electron chi connectivity index (χ3n) is 3.33. The van der Waals surface area contributed by atoms with E-state index in [1.807, 2.05) is 25.1 Å². The Labute approximate surface area is 112 Å². The Hall–Kier alpha value is -1.78. The molecule has 1 heterocycles. The van der Waals surface area contributed by atoms with Crippen LogP contribution in [-0.4, -0.2) is 18.8 Å². The van der Waals surface area contributed by atoms with E-state index in [4.69, 9.17) is 14.9 Å². The lowest BCUT2D eigenvalue weighted by Crippen LogP contribution is -2.20. The van der Waals surface area contributed by atoms with Crippen molar-refractivity contribution < 1.29 is 14.3 Å². The van der Waals surface area contributed by atoms with Gasteiger partial charge in [-0.1, -0.05) is 12.1 Å². The highest BCUT2D eigenvalue weighted by Crippen LogP contribution is 2.33. The highest BCUT2D eigenvalue weighted by molar-refractivity contribution is 5.38. The monoisotopic (exact) mass is 261 g/mol. The smallest absolute Gasteiger partial charge is 0.132 e. The molecule has 1 aromatic heterocycles. The molecule has 1 aromatic carbocycles. The van der Waals surface area contributed by atoms with Gasteiger partial charge in [0.1, 0.15) is 17.6 Å². The van der Waals surface area contributed by atoms with Gasteiger partial charge in [-0.15, -0.1) is 0 Å². The molecule has 0 saturated carbocycles. The summed E-state index contributed by atoms with van der Waals surface area (Å²) >= 11 is 0. The summed E-state index contributed by atoms with van der Waals surface area (Å²) in [6, 6.07) is 9.34. The van der Waals surface area contributed by atoms with Crippen molar-refractivity contribution >= 4 is 0 Å². The van der Waals surface area contributed by atoms with E-state index in [0.29, 0.717) is 12.3 Å². The maximum Gasteiger partial charge on any atom is 0.132 e. The summed E-state index contributed by atoms with van der Waals surface area (Å²) in [7, 11) is 1.63. The summed E-state index contributed by atoms with van der Waals surface area (Å²) in [6.45, 7) is 2.30. The van der Waals surface area contributed by atoms with Gasteiger partial charge in [-0.05, 0) is 36.2 Å². The molecule has 0 bridgehead atoms. The van der Waals surface area contributed by atoms with Crippen molar-refractivity contribution in [2.24, 2.45) is 5.73 Å². The minimum absolute atomic E-state index is 0.222. The molecule has 0 amide bonds. The number of methoxy groups -OCH3 is 1. The fourth-order valence-corrected chi connectivity index (χ4v) is 2.17. The van der Waals surface area contributed by atoms with Crippen molar-refractivity contribution in [2.75, 3.05) is 13.7 Å². The molecular weight excluding hydrogens is 242 g/mol. The van der Waals surface area contributed by atoms with Crippen LogP contribution in [-0.2, 0) is 0 Å². The molecule has 0 aliphatic rings. The van der Waals surface area contributed by atoms with Gasteiger partial charge >= 0.3 is 0 Å². The van der Waals surface area contributed by atoms with Gasteiger partial charge in [0.25, 0.3) is 0 Å². The average Bonchev–Trinajstić information content (AvgIpc) is 2.95. The molecule has 2 aromatic rings. The van der Waals surface area contributed by atoms with E-state index in [-0.39, 0.29) is 5.92 Å². The average molecular weight is 261 g/mol. The minimum Gasteiger partial charge on any atom is -0.496 e. The molecule has 3 N–H and O–H groups in total. The fraction of sp³-hybridized carbons (Fsp3) is 0.333. The Morgan fingerprint density at radius 1 is 1.37 bits per heavy atom. The van der Waals surface area contributed by atoms with Gasteiger partial charge in [0.05, 0.1) is 13.4 Å². The van der Waals surface area contributed by atoms with E-state index < -0.39 is 6.10 Å². The second-order valence-electron chi connectivity index (χ2n) is 4.53. The molecule has 0 aliphatic heterocycles. The van der Waals surface area contributed by atoms with E-state index in [2.05, 4.69) is 0 Å². The van der Waals surface area contributed by atoms with Gasteiger partial charge in [0.15, 0.2) is 0 Å². The largest absolute Gasteiger partial charge is 0.496 e. The summed E-state index contributed by atoms with van der Waals surface area (Å²) in [5.74, 6) is 1.10. The van der Waals surface area contributed by atoms with Crippen LogP contribution < -0.4 is 10.5 Å². The first-order chi connectivity index (χ1) is 9.17. The summed E-state index contributed by atoms with van der Waals surface area (Å²) < 4.78 is 10.5. The Bertz CT molecular complexity index is 522. The molecule has 102 valence electrons.